The van der Waals surface area contributed by atoms with Crippen LogP contribution in [0.25, 0.3) is 0 Å². The highest BCUT2D eigenvalue weighted by atomic mass is 79.9. The van der Waals surface area contributed by atoms with Gasteiger partial charge in [0.05, 0.1) is 12.5 Å². The van der Waals surface area contributed by atoms with Gasteiger partial charge in [-0.25, -0.2) is 4.39 Å². The average Bonchev–Trinajstić information content (AvgIpc) is 2.01. The van der Waals surface area contributed by atoms with E-state index in [0.29, 0.717) is 5.56 Å². The predicted octanol–water partition coefficient (Wildman–Crippen LogP) is 2.96. The molecule has 0 amide bonds. The lowest BCUT2D eigenvalue weighted by atomic mass is 10.1. The summed E-state index contributed by atoms with van der Waals surface area (Å²) in [7, 11) is 0. The SMILES string of the molecule is Cc1cc(F)c(CC#N)cc1Br. The van der Waals surface area contributed by atoms with Crippen LogP contribution < -0.4 is 0 Å². The van der Waals surface area contributed by atoms with Crippen molar-refractivity contribution in [1.29, 1.82) is 5.26 Å². The van der Waals surface area contributed by atoms with E-state index in [2.05, 4.69) is 15.9 Å². The lowest BCUT2D eigenvalue weighted by Crippen LogP contribution is -1.90. The summed E-state index contributed by atoms with van der Waals surface area (Å²) in [6, 6.07) is 4.98. The van der Waals surface area contributed by atoms with Crippen molar-refractivity contribution in [1.82, 2.24) is 0 Å². The first kappa shape index (κ1) is 9.21. The molecule has 3 heteroatoms. The minimum absolute atomic E-state index is 0.116. The first-order chi connectivity index (χ1) is 5.65. The van der Waals surface area contributed by atoms with Crippen LogP contribution in [0.1, 0.15) is 11.1 Å². The van der Waals surface area contributed by atoms with Crippen molar-refractivity contribution >= 4 is 15.9 Å². The van der Waals surface area contributed by atoms with E-state index in [-0.39, 0.29) is 12.2 Å². The third-order valence-corrected chi connectivity index (χ3v) is 2.45. The average molecular weight is 228 g/mol. The molecule has 62 valence electrons. The largest absolute Gasteiger partial charge is 0.207 e. The third-order valence-electron chi connectivity index (χ3n) is 1.60. The fourth-order valence-corrected chi connectivity index (χ4v) is 1.30. The van der Waals surface area contributed by atoms with Gasteiger partial charge in [-0.3, -0.25) is 0 Å². The molecule has 12 heavy (non-hydrogen) atoms. The number of halogens is 2. The maximum Gasteiger partial charge on any atom is 0.127 e. The van der Waals surface area contributed by atoms with E-state index in [0.717, 1.165) is 10.0 Å². The quantitative estimate of drug-likeness (QED) is 0.724. The van der Waals surface area contributed by atoms with Gasteiger partial charge in [-0.2, -0.15) is 5.26 Å². The van der Waals surface area contributed by atoms with Crippen LogP contribution in [0.3, 0.4) is 0 Å². The number of hydrogen-bond acceptors (Lipinski definition) is 1. The molecule has 1 nitrogen and oxygen atoms in total. The Balaban J connectivity index is 3.16. The second-order valence-electron chi connectivity index (χ2n) is 2.53. The van der Waals surface area contributed by atoms with E-state index in [1.54, 1.807) is 6.07 Å². The zero-order chi connectivity index (χ0) is 9.14. The molecule has 0 spiro atoms. The standard InChI is InChI=1S/C9H7BrFN/c1-6-4-9(11)7(2-3-12)5-8(6)10/h4-5H,2H2,1H3. The van der Waals surface area contributed by atoms with E-state index in [9.17, 15) is 4.39 Å². The van der Waals surface area contributed by atoms with E-state index < -0.39 is 0 Å². The maximum atomic E-state index is 13.0. The van der Waals surface area contributed by atoms with Crippen LogP contribution >= 0.6 is 15.9 Å². The molecule has 0 aromatic heterocycles. The smallest absolute Gasteiger partial charge is 0.127 e. The van der Waals surface area contributed by atoms with E-state index >= 15 is 0 Å². The zero-order valence-corrected chi connectivity index (χ0v) is 8.15. The Bertz CT molecular complexity index is 341. The summed E-state index contributed by atoms with van der Waals surface area (Å²) in [5, 5.41) is 8.37. The van der Waals surface area contributed by atoms with Gasteiger partial charge in [-0.1, -0.05) is 15.9 Å². The molecule has 0 atom stereocenters. The minimum atomic E-state index is -0.308. The molecule has 0 radical (unpaired) electrons. The third kappa shape index (κ3) is 1.83. The normalized spacial score (nSPS) is 9.50. The van der Waals surface area contributed by atoms with Gasteiger partial charge >= 0.3 is 0 Å². The molecule has 1 aromatic carbocycles. The van der Waals surface area contributed by atoms with Crippen LogP contribution in [-0.4, -0.2) is 0 Å². The Kier molecular flexibility index (Phi) is 2.83. The molecular formula is C9H7BrFN. The number of hydrogen-bond donors (Lipinski definition) is 0. The van der Waals surface area contributed by atoms with Crippen LogP contribution in [0.2, 0.25) is 0 Å². The first-order valence-corrected chi connectivity index (χ1v) is 4.26. The van der Waals surface area contributed by atoms with Crippen LogP contribution in [-0.2, 0) is 6.42 Å². The van der Waals surface area contributed by atoms with Crippen molar-refractivity contribution in [3.8, 4) is 6.07 Å². The highest BCUT2D eigenvalue weighted by molar-refractivity contribution is 9.10. The van der Waals surface area contributed by atoms with Crippen LogP contribution in [0, 0.1) is 24.1 Å². The molecule has 0 aliphatic heterocycles. The molecule has 0 unspecified atom stereocenters. The monoisotopic (exact) mass is 227 g/mol. The van der Waals surface area contributed by atoms with Gasteiger partial charge in [-0.15, -0.1) is 0 Å². The zero-order valence-electron chi connectivity index (χ0n) is 6.56. The molecule has 0 heterocycles. The van der Waals surface area contributed by atoms with Gasteiger partial charge in [-0.05, 0) is 24.6 Å². The summed E-state index contributed by atoms with van der Waals surface area (Å²) in [6.07, 6.45) is 0.116. The Morgan fingerprint density at radius 2 is 2.25 bits per heavy atom. The summed E-state index contributed by atoms with van der Waals surface area (Å²) in [6.45, 7) is 1.81. The topological polar surface area (TPSA) is 23.8 Å². The van der Waals surface area contributed by atoms with Crippen molar-refractivity contribution in [3.63, 3.8) is 0 Å². The molecule has 0 aliphatic rings. The summed E-state index contributed by atoms with van der Waals surface area (Å²) >= 11 is 3.27. The fraction of sp³-hybridized carbons (Fsp3) is 0.222. The summed E-state index contributed by atoms with van der Waals surface area (Å²) in [4.78, 5) is 0. The predicted molar refractivity (Wildman–Crippen MR) is 48.2 cm³/mol. The first-order valence-electron chi connectivity index (χ1n) is 3.46. The molecular weight excluding hydrogens is 221 g/mol. The van der Waals surface area contributed by atoms with Gasteiger partial charge < -0.3 is 0 Å². The Morgan fingerprint density at radius 1 is 1.58 bits per heavy atom. The van der Waals surface area contributed by atoms with Crippen LogP contribution in [0.4, 0.5) is 4.39 Å². The highest BCUT2D eigenvalue weighted by Crippen LogP contribution is 2.20. The van der Waals surface area contributed by atoms with Crippen molar-refractivity contribution in [2.24, 2.45) is 0 Å². The summed E-state index contributed by atoms with van der Waals surface area (Å²) < 4.78 is 13.9. The number of nitrogens with zero attached hydrogens (tertiary/aromatic N) is 1. The van der Waals surface area contributed by atoms with E-state index in [1.807, 2.05) is 13.0 Å². The lowest BCUT2D eigenvalue weighted by Gasteiger charge is -2.01. The second-order valence-corrected chi connectivity index (χ2v) is 3.38. The number of aryl methyl sites for hydroxylation is 1. The molecule has 0 fully saturated rings. The molecule has 0 saturated carbocycles. The maximum absolute atomic E-state index is 13.0. The second kappa shape index (κ2) is 3.68. The van der Waals surface area contributed by atoms with E-state index in [1.165, 1.54) is 6.07 Å². The number of benzene rings is 1. The molecule has 0 N–H and O–H groups in total. The van der Waals surface area contributed by atoms with Crippen molar-refractivity contribution in [3.05, 3.63) is 33.5 Å². The Hall–Kier alpha value is -0.880. The lowest BCUT2D eigenvalue weighted by molar-refractivity contribution is 0.613. The Morgan fingerprint density at radius 3 is 2.83 bits per heavy atom. The molecule has 0 saturated heterocycles. The van der Waals surface area contributed by atoms with Gasteiger partial charge in [0.15, 0.2) is 0 Å². The summed E-state index contributed by atoms with van der Waals surface area (Å²) in [5.74, 6) is -0.308. The number of nitriles is 1. The minimum Gasteiger partial charge on any atom is -0.207 e. The van der Waals surface area contributed by atoms with Crippen molar-refractivity contribution in [2.45, 2.75) is 13.3 Å². The molecule has 0 aliphatic carbocycles. The van der Waals surface area contributed by atoms with Crippen molar-refractivity contribution < 1.29 is 4.39 Å². The van der Waals surface area contributed by atoms with E-state index in [4.69, 9.17) is 5.26 Å². The van der Waals surface area contributed by atoms with Crippen LogP contribution in [0.5, 0.6) is 0 Å². The Labute approximate surface area is 79.0 Å². The molecule has 0 bridgehead atoms. The van der Waals surface area contributed by atoms with Gasteiger partial charge in [0.25, 0.3) is 0 Å². The van der Waals surface area contributed by atoms with Gasteiger partial charge in [0.1, 0.15) is 5.82 Å². The molecule has 1 rings (SSSR count). The molecule has 1 aromatic rings. The highest BCUT2D eigenvalue weighted by Gasteiger charge is 2.04. The van der Waals surface area contributed by atoms with Crippen LogP contribution in [0.15, 0.2) is 16.6 Å². The summed E-state index contributed by atoms with van der Waals surface area (Å²) in [5.41, 5.74) is 1.28. The fourth-order valence-electron chi connectivity index (χ4n) is 0.908. The van der Waals surface area contributed by atoms with Crippen molar-refractivity contribution in [2.75, 3.05) is 0 Å². The number of rotatable bonds is 1. The van der Waals surface area contributed by atoms with Gasteiger partial charge in [0.2, 0.25) is 0 Å². The van der Waals surface area contributed by atoms with Gasteiger partial charge in [0, 0.05) is 10.0 Å².